The number of fused-ring (bicyclic) bond motifs is 1. The predicted octanol–water partition coefficient (Wildman–Crippen LogP) is -0.453. The zero-order valence-electron chi connectivity index (χ0n) is 12.8. The molecule has 3 rings (SSSR count). The fourth-order valence-electron chi connectivity index (χ4n) is 3.27. The maximum atomic E-state index is 12.0. The van der Waals surface area contributed by atoms with E-state index in [4.69, 9.17) is 16.2 Å². The molecule has 1 aromatic rings. The molecule has 0 radical (unpaired) electrons. The number of hydrogen-bond donors (Lipinski definition) is 3. The number of nitrogens with two attached hydrogens (primary N) is 2. The normalized spacial score (nSPS) is 24.0. The number of nitrogen functional groups attached to an aromatic ring is 2. The van der Waals surface area contributed by atoms with E-state index in [1.807, 2.05) is 4.90 Å². The number of likely N-dealkylation sites (N-methyl/N-ethyl adjacent to an activating group) is 1. The summed E-state index contributed by atoms with van der Waals surface area (Å²) in [6, 6.07) is 0. The Bertz CT molecular complexity index is 593. The Labute approximate surface area is 129 Å². The number of carbonyl (C=O) groups is 1. The molecule has 8 heteroatoms. The number of carbonyl (C=O) groups excluding carboxylic acids is 1. The predicted molar refractivity (Wildman–Crippen MR) is 82.3 cm³/mol. The van der Waals surface area contributed by atoms with Crippen LogP contribution in [0.4, 0.5) is 11.8 Å². The lowest BCUT2D eigenvalue weighted by atomic mass is 9.90. The van der Waals surface area contributed by atoms with E-state index in [1.165, 1.54) is 0 Å². The van der Waals surface area contributed by atoms with Gasteiger partial charge in [0.1, 0.15) is 11.4 Å². The number of nitrogens with one attached hydrogen (secondary N) is 1. The van der Waals surface area contributed by atoms with Crippen molar-refractivity contribution >= 4 is 17.7 Å². The molecule has 1 spiro atoms. The molecule has 0 aliphatic carbocycles. The van der Waals surface area contributed by atoms with Crippen molar-refractivity contribution in [3.05, 3.63) is 5.56 Å². The molecule has 0 aromatic carbocycles. The van der Waals surface area contributed by atoms with Gasteiger partial charge >= 0.3 is 0 Å². The van der Waals surface area contributed by atoms with Crippen LogP contribution in [0.1, 0.15) is 24.8 Å². The first-order valence-corrected chi connectivity index (χ1v) is 7.56. The van der Waals surface area contributed by atoms with Crippen molar-refractivity contribution in [2.75, 3.05) is 38.1 Å². The second kappa shape index (κ2) is 5.60. The fourth-order valence-corrected chi connectivity index (χ4v) is 3.27. The molecular weight excluding hydrogens is 284 g/mol. The van der Waals surface area contributed by atoms with Gasteiger partial charge in [0.05, 0.1) is 12.1 Å². The summed E-state index contributed by atoms with van der Waals surface area (Å²) in [7, 11) is 1.78. The molecule has 0 unspecified atom stereocenters. The molecule has 120 valence electrons. The number of likely N-dealkylation sites (tertiary alicyclic amines) is 1. The minimum Gasteiger partial charge on any atom is -0.470 e. The lowest BCUT2D eigenvalue weighted by Crippen LogP contribution is -2.40. The first kappa shape index (κ1) is 14.8. The molecule has 5 N–H and O–H groups in total. The lowest BCUT2D eigenvalue weighted by molar-refractivity contribution is -0.130. The summed E-state index contributed by atoms with van der Waals surface area (Å²) < 4.78 is 6.10. The van der Waals surface area contributed by atoms with Crippen LogP contribution >= 0.6 is 0 Å². The third-order valence-electron chi connectivity index (χ3n) is 4.41. The molecule has 1 saturated heterocycles. The Kier molecular flexibility index (Phi) is 3.78. The highest BCUT2D eigenvalue weighted by molar-refractivity contribution is 5.78. The molecule has 1 fully saturated rings. The van der Waals surface area contributed by atoms with E-state index in [2.05, 4.69) is 15.3 Å². The van der Waals surface area contributed by atoms with Gasteiger partial charge in [-0.2, -0.15) is 9.97 Å². The highest BCUT2D eigenvalue weighted by Gasteiger charge is 2.43. The van der Waals surface area contributed by atoms with Gasteiger partial charge in [0.25, 0.3) is 0 Å². The zero-order chi connectivity index (χ0) is 15.7. The summed E-state index contributed by atoms with van der Waals surface area (Å²) in [6.45, 7) is 1.80. The van der Waals surface area contributed by atoms with Crippen molar-refractivity contribution in [3.8, 4) is 5.88 Å². The Morgan fingerprint density at radius 3 is 2.95 bits per heavy atom. The molecule has 2 aliphatic heterocycles. The number of ether oxygens (including phenoxy) is 1. The zero-order valence-corrected chi connectivity index (χ0v) is 12.8. The molecule has 1 aromatic heterocycles. The van der Waals surface area contributed by atoms with E-state index < -0.39 is 0 Å². The van der Waals surface area contributed by atoms with E-state index in [0.717, 1.165) is 31.4 Å². The Morgan fingerprint density at radius 2 is 2.18 bits per heavy atom. The van der Waals surface area contributed by atoms with Crippen LogP contribution in [-0.2, 0) is 11.2 Å². The van der Waals surface area contributed by atoms with Gasteiger partial charge in [-0.3, -0.25) is 4.79 Å². The van der Waals surface area contributed by atoms with Crippen LogP contribution in [0.25, 0.3) is 0 Å². The first-order valence-electron chi connectivity index (χ1n) is 7.56. The molecule has 1 atom stereocenters. The van der Waals surface area contributed by atoms with E-state index in [0.29, 0.717) is 31.2 Å². The van der Waals surface area contributed by atoms with Crippen LogP contribution in [0.2, 0.25) is 0 Å². The smallest absolute Gasteiger partial charge is 0.236 e. The van der Waals surface area contributed by atoms with Gasteiger partial charge in [-0.15, -0.1) is 0 Å². The number of anilines is 2. The molecule has 2 aliphatic rings. The van der Waals surface area contributed by atoms with Crippen molar-refractivity contribution in [1.29, 1.82) is 0 Å². The molecule has 22 heavy (non-hydrogen) atoms. The quantitative estimate of drug-likeness (QED) is 0.676. The molecule has 0 saturated carbocycles. The van der Waals surface area contributed by atoms with Crippen LogP contribution in [-0.4, -0.2) is 53.1 Å². The third kappa shape index (κ3) is 2.66. The maximum absolute atomic E-state index is 12.0. The fraction of sp³-hybridized carbons (Fsp3) is 0.643. The van der Waals surface area contributed by atoms with Crippen molar-refractivity contribution in [1.82, 2.24) is 20.2 Å². The number of aromatic nitrogens is 2. The molecule has 0 bridgehead atoms. The lowest BCUT2D eigenvalue weighted by Gasteiger charge is -2.27. The van der Waals surface area contributed by atoms with Gasteiger partial charge < -0.3 is 26.4 Å². The number of nitrogens with zero attached hydrogens (tertiary/aromatic N) is 3. The van der Waals surface area contributed by atoms with E-state index in [-0.39, 0.29) is 17.5 Å². The number of hydrogen-bond acceptors (Lipinski definition) is 7. The van der Waals surface area contributed by atoms with Crippen LogP contribution in [0.15, 0.2) is 0 Å². The van der Waals surface area contributed by atoms with E-state index >= 15 is 0 Å². The standard InChI is InChI=1S/C14H22N6O2/c1-17-8-10(21)20-5-2-3-14(4-6-20)7-9-11(15)18-13(16)19-12(9)22-14/h17H,2-8H2,1H3,(H4,15,16,18,19)/t14-/m0/s1. The van der Waals surface area contributed by atoms with Gasteiger partial charge in [0.2, 0.25) is 17.7 Å². The maximum Gasteiger partial charge on any atom is 0.236 e. The second-order valence-corrected chi connectivity index (χ2v) is 5.98. The minimum absolute atomic E-state index is 0.124. The summed E-state index contributed by atoms with van der Waals surface area (Å²) in [5.74, 6) is 1.15. The Morgan fingerprint density at radius 1 is 1.36 bits per heavy atom. The summed E-state index contributed by atoms with van der Waals surface area (Å²) in [5.41, 5.74) is 12.1. The van der Waals surface area contributed by atoms with Crippen LogP contribution in [0, 0.1) is 0 Å². The van der Waals surface area contributed by atoms with E-state index in [1.54, 1.807) is 7.05 Å². The van der Waals surface area contributed by atoms with Crippen molar-refractivity contribution in [3.63, 3.8) is 0 Å². The third-order valence-corrected chi connectivity index (χ3v) is 4.41. The number of rotatable bonds is 2. The summed E-state index contributed by atoms with van der Waals surface area (Å²) >= 11 is 0. The Hall–Kier alpha value is -2.09. The van der Waals surface area contributed by atoms with Crippen LogP contribution in [0.5, 0.6) is 5.88 Å². The average molecular weight is 306 g/mol. The summed E-state index contributed by atoms with van der Waals surface area (Å²) in [4.78, 5) is 22.1. The highest BCUT2D eigenvalue weighted by atomic mass is 16.5. The summed E-state index contributed by atoms with van der Waals surface area (Å²) in [6.07, 6.45) is 3.21. The van der Waals surface area contributed by atoms with Crippen LogP contribution < -0.4 is 21.5 Å². The average Bonchev–Trinajstić information content (AvgIpc) is 2.68. The van der Waals surface area contributed by atoms with E-state index in [9.17, 15) is 4.79 Å². The summed E-state index contributed by atoms with van der Waals surface area (Å²) in [5, 5.41) is 2.90. The highest BCUT2D eigenvalue weighted by Crippen LogP contribution is 2.42. The van der Waals surface area contributed by atoms with Crippen molar-refractivity contribution in [2.45, 2.75) is 31.3 Å². The largest absolute Gasteiger partial charge is 0.470 e. The first-order chi connectivity index (χ1) is 10.5. The molecule has 8 nitrogen and oxygen atoms in total. The minimum atomic E-state index is -0.340. The monoisotopic (exact) mass is 306 g/mol. The second-order valence-electron chi connectivity index (χ2n) is 5.98. The van der Waals surface area contributed by atoms with Crippen molar-refractivity contribution in [2.24, 2.45) is 0 Å². The van der Waals surface area contributed by atoms with Crippen LogP contribution in [0.3, 0.4) is 0 Å². The van der Waals surface area contributed by atoms with Gasteiger partial charge in [0, 0.05) is 25.9 Å². The van der Waals surface area contributed by atoms with Gasteiger partial charge in [-0.1, -0.05) is 0 Å². The topological polar surface area (TPSA) is 119 Å². The van der Waals surface area contributed by atoms with Gasteiger partial charge in [-0.25, -0.2) is 0 Å². The number of amides is 1. The van der Waals surface area contributed by atoms with Crippen molar-refractivity contribution < 1.29 is 9.53 Å². The van der Waals surface area contributed by atoms with Gasteiger partial charge in [-0.05, 0) is 19.9 Å². The Balaban J connectivity index is 1.74. The van der Waals surface area contributed by atoms with Gasteiger partial charge in [0.15, 0.2) is 0 Å². The molecule has 1 amide bonds. The molecular formula is C14H22N6O2. The SMILES string of the molecule is CNCC(=O)N1CCC[C@]2(CC1)Cc1c(N)nc(N)nc1O2. The molecule has 3 heterocycles.